The van der Waals surface area contributed by atoms with E-state index < -0.39 is 0 Å². The van der Waals surface area contributed by atoms with Gasteiger partial charge in [-0.15, -0.1) is 0 Å². The van der Waals surface area contributed by atoms with Crippen LogP contribution in [-0.4, -0.2) is 9.13 Å². The molecule has 0 amide bonds. The SMILES string of the molecule is CC1(C)c2cc(-c3ccc(C=Cc4ccc(-c5ccc6c(c5)c5ccccc5n6-c5ccccc5)cc4)cc3)ccc2-c2ccc(-c3ccc4c(c3)c3ccccc3n4-c3cccc4ccccc34)cc21. The van der Waals surface area contributed by atoms with Crippen LogP contribution in [0, 0.1) is 0 Å². The molecule has 71 heavy (non-hydrogen) atoms. The summed E-state index contributed by atoms with van der Waals surface area (Å²) >= 11 is 0. The van der Waals surface area contributed by atoms with Crippen LogP contribution in [0.25, 0.3) is 122 Å². The van der Waals surface area contributed by atoms with Gasteiger partial charge in [0.25, 0.3) is 0 Å². The van der Waals surface area contributed by atoms with Gasteiger partial charge in [-0.1, -0.05) is 202 Å². The van der Waals surface area contributed by atoms with Gasteiger partial charge in [0.15, 0.2) is 0 Å². The van der Waals surface area contributed by atoms with Crippen LogP contribution in [0.3, 0.4) is 0 Å². The zero-order chi connectivity index (χ0) is 47.2. The number of hydrogen-bond donors (Lipinski definition) is 0. The van der Waals surface area contributed by atoms with E-state index >= 15 is 0 Å². The molecule has 2 heteroatoms. The summed E-state index contributed by atoms with van der Waals surface area (Å²) in [7, 11) is 0. The Hall–Kier alpha value is -8.98. The lowest BCUT2D eigenvalue weighted by Gasteiger charge is -2.22. The van der Waals surface area contributed by atoms with E-state index in [1.54, 1.807) is 0 Å². The summed E-state index contributed by atoms with van der Waals surface area (Å²) < 4.78 is 4.81. The van der Waals surface area contributed by atoms with Gasteiger partial charge in [0.2, 0.25) is 0 Å². The Morgan fingerprint density at radius 2 is 0.732 bits per heavy atom. The Morgan fingerprint density at radius 1 is 0.310 bits per heavy atom. The highest BCUT2D eigenvalue weighted by Crippen LogP contribution is 2.51. The minimum absolute atomic E-state index is 0.154. The van der Waals surface area contributed by atoms with Crippen LogP contribution in [0.4, 0.5) is 0 Å². The average molecular weight is 905 g/mol. The molecule has 1 aliphatic rings. The zero-order valence-electron chi connectivity index (χ0n) is 39.6. The van der Waals surface area contributed by atoms with Crippen LogP contribution < -0.4 is 0 Å². The summed E-state index contributed by atoms with van der Waals surface area (Å²) in [5.41, 5.74) is 22.2. The van der Waals surface area contributed by atoms with E-state index in [2.05, 4.69) is 278 Å². The molecule has 0 bridgehead atoms. The van der Waals surface area contributed by atoms with Crippen molar-refractivity contribution in [3.8, 4) is 55.9 Å². The van der Waals surface area contributed by atoms with Crippen molar-refractivity contribution < 1.29 is 0 Å². The van der Waals surface area contributed by atoms with E-state index in [9.17, 15) is 0 Å². The minimum Gasteiger partial charge on any atom is -0.309 e. The lowest BCUT2D eigenvalue weighted by Crippen LogP contribution is -2.15. The first-order chi connectivity index (χ1) is 34.9. The van der Waals surface area contributed by atoms with Gasteiger partial charge in [-0.05, 0) is 139 Å². The Balaban J connectivity index is 0.710. The number of benzene rings is 11. The van der Waals surface area contributed by atoms with Crippen molar-refractivity contribution in [3.63, 3.8) is 0 Å². The van der Waals surface area contributed by atoms with Gasteiger partial charge in [0.1, 0.15) is 0 Å². The number of hydrogen-bond acceptors (Lipinski definition) is 0. The molecule has 0 spiro atoms. The van der Waals surface area contributed by atoms with Gasteiger partial charge in [-0.25, -0.2) is 0 Å². The number of fused-ring (bicyclic) bond motifs is 10. The highest BCUT2D eigenvalue weighted by molar-refractivity contribution is 6.12. The molecular weight excluding hydrogens is 857 g/mol. The average Bonchev–Trinajstić information content (AvgIpc) is 4.02. The molecule has 0 aliphatic heterocycles. The predicted octanol–water partition coefficient (Wildman–Crippen LogP) is 18.5. The Morgan fingerprint density at radius 3 is 1.34 bits per heavy atom. The number of aromatic nitrogens is 2. The summed E-state index contributed by atoms with van der Waals surface area (Å²) in [4.78, 5) is 0. The standard InChI is InChI=1S/C69H48N2/c1-69(2)62-43-52(48-31-27-46(28-32-48)24-23-45-25-29-47(30-26-45)50-35-39-67-60(41-50)58-18-8-10-20-65(58)70(67)54-15-4-3-5-16-54)33-37-56(62)57-38-34-53(44-63(57)69)51-36-40-68-61(42-51)59-19-9-11-21-66(59)71(68)64-22-12-14-49-13-6-7-17-55(49)64/h3-44H,1-2H3. The molecule has 334 valence electrons. The van der Waals surface area contributed by atoms with Gasteiger partial charge in [0.05, 0.1) is 27.8 Å². The molecule has 0 N–H and O–H groups in total. The molecule has 0 radical (unpaired) electrons. The second-order valence-electron chi connectivity index (χ2n) is 19.7. The summed E-state index contributed by atoms with van der Waals surface area (Å²) in [5, 5.41) is 7.57. The van der Waals surface area contributed by atoms with E-state index in [1.165, 1.54) is 133 Å². The van der Waals surface area contributed by atoms with Crippen molar-refractivity contribution in [1.29, 1.82) is 0 Å². The smallest absolute Gasteiger partial charge is 0.0541 e. The third-order valence-electron chi connectivity index (χ3n) is 15.3. The molecule has 0 saturated carbocycles. The molecule has 0 atom stereocenters. The molecule has 11 aromatic carbocycles. The van der Waals surface area contributed by atoms with E-state index in [1.807, 2.05) is 0 Å². The number of nitrogens with zero attached hydrogens (tertiary/aromatic N) is 2. The predicted molar refractivity (Wildman–Crippen MR) is 302 cm³/mol. The van der Waals surface area contributed by atoms with Crippen molar-refractivity contribution in [2.24, 2.45) is 0 Å². The number of para-hydroxylation sites is 3. The topological polar surface area (TPSA) is 9.86 Å². The molecule has 1 aliphatic carbocycles. The van der Waals surface area contributed by atoms with Crippen molar-refractivity contribution in [1.82, 2.24) is 9.13 Å². The van der Waals surface area contributed by atoms with E-state index in [0.717, 1.165) is 0 Å². The lowest BCUT2D eigenvalue weighted by atomic mass is 9.81. The maximum absolute atomic E-state index is 2.44. The fraction of sp³-hybridized carbons (Fsp3) is 0.0435. The van der Waals surface area contributed by atoms with Crippen LogP contribution in [0.1, 0.15) is 36.1 Å². The molecule has 0 unspecified atom stereocenters. The highest BCUT2D eigenvalue weighted by atomic mass is 15.0. The Bertz CT molecular complexity index is 4270. The Kier molecular flexibility index (Phi) is 9.28. The van der Waals surface area contributed by atoms with Crippen molar-refractivity contribution in [3.05, 3.63) is 265 Å². The lowest BCUT2D eigenvalue weighted by molar-refractivity contribution is 0.661. The quantitative estimate of drug-likeness (QED) is 0.141. The van der Waals surface area contributed by atoms with Gasteiger partial charge < -0.3 is 9.13 Å². The normalized spacial score (nSPS) is 13.0. The van der Waals surface area contributed by atoms with E-state index in [4.69, 9.17) is 0 Å². The summed E-state index contributed by atoms with van der Waals surface area (Å²) in [6, 6.07) is 89.4. The summed E-state index contributed by atoms with van der Waals surface area (Å²) in [6.45, 7) is 4.77. The van der Waals surface area contributed by atoms with Crippen LogP contribution in [0.5, 0.6) is 0 Å². The monoisotopic (exact) mass is 904 g/mol. The van der Waals surface area contributed by atoms with Crippen molar-refractivity contribution in [2.45, 2.75) is 19.3 Å². The van der Waals surface area contributed by atoms with Crippen LogP contribution in [0.2, 0.25) is 0 Å². The molecule has 2 nitrogen and oxygen atoms in total. The van der Waals surface area contributed by atoms with Crippen LogP contribution in [0.15, 0.2) is 243 Å². The molecule has 0 saturated heterocycles. The van der Waals surface area contributed by atoms with Gasteiger partial charge in [-0.3, -0.25) is 0 Å². The van der Waals surface area contributed by atoms with E-state index in [-0.39, 0.29) is 5.41 Å². The third kappa shape index (κ3) is 6.63. The van der Waals surface area contributed by atoms with Gasteiger partial charge >= 0.3 is 0 Å². The highest BCUT2D eigenvalue weighted by Gasteiger charge is 2.36. The number of rotatable bonds is 7. The third-order valence-corrected chi connectivity index (χ3v) is 15.3. The Labute approximate surface area is 413 Å². The second kappa shape index (κ2) is 16.1. The zero-order valence-corrected chi connectivity index (χ0v) is 39.6. The van der Waals surface area contributed by atoms with Gasteiger partial charge in [-0.2, -0.15) is 0 Å². The molecule has 0 fully saturated rings. The van der Waals surface area contributed by atoms with Gasteiger partial charge in [0, 0.05) is 38.0 Å². The second-order valence-corrected chi connectivity index (χ2v) is 19.7. The van der Waals surface area contributed by atoms with Crippen LogP contribution >= 0.6 is 0 Å². The minimum atomic E-state index is -0.154. The fourth-order valence-corrected chi connectivity index (χ4v) is 11.7. The first-order valence-electron chi connectivity index (χ1n) is 24.7. The largest absolute Gasteiger partial charge is 0.309 e. The van der Waals surface area contributed by atoms with Crippen LogP contribution in [-0.2, 0) is 5.41 Å². The maximum atomic E-state index is 2.44. The van der Waals surface area contributed by atoms with E-state index in [0.29, 0.717) is 0 Å². The first kappa shape index (κ1) is 41.0. The summed E-state index contributed by atoms with van der Waals surface area (Å²) in [6.07, 6.45) is 4.42. The van der Waals surface area contributed by atoms with Crippen molar-refractivity contribution >= 4 is 66.5 Å². The molecule has 14 rings (SSSR count). The molecule has 2 heterocycles. The molecule has 13 aromatic rings. The fourth-order valence-electron chi connectivity index (χ4n) is 11.7. The summed E-state index contributed by atoms with van der Waals surface area (Å²) in [5.74, 6) is 0. The van der Waals surface area contributed by atoms with Crippen molar-refractivity contribution in [2.75, 3.05) is 0 Å². The molecular formula is C69H48N2. The molecule has 2 aromatic heterocycles. The maximum Gasteiger partial charge on any atom is 0.0541 e. The first-order valence-corrected chi connectivity index (χ1v) is 24.7.